The van der Waals surface area contributed by atoms with E-state index in [1.807, 2.05) is 13.8 Å². The van der Waals surface area contributed by atoms with Crippen molar-refractivity contribution in [2.45, 2.75) is 37.8 Å². The molecule has 0 aliphatic carbocycles. The normalized spacial score (nSPS) is 12.1. The van der Waals surface area contributed by atoms with Crippen LogP contribution in [0.5, 0.6) is 11.5 Å². The Kier molecular flexibility index (Phi) is 9.05. The smallest absolute Gasteiger partial charge is 0.339 e. The Bertz CT molecular complexity index is 1340. The molecule has 0 radical (unpaired) electrons. The third-order valence-corrected chi connectivity index (χ3v) is 7.42. The number of rotatable bonds is 9. The summed E-state index contributed by atoms with van der Waals surface area (Å²) < 4.78 is 49.3. The number of hydrogen-bond donors (Lipinski definition) is 1. The Morgan fingerprint density at radius 1 is 1.03 bits per heavy atom. The van der Waals surface area contributed by atoms with Crippen molar-refractivity contribution in [1.82, 2.24) is 4.90 Å². The molecular formula is C25H25Cl2FN2O5S. The van der Waals surface area contributed by atoms with Crippen molar-refractivity contribution >= 4 is 45.0 Å². The number of halogens is 3. The lowest BCUT2D eigenvalue weighted by Crippen LogP contribution is -2.40. The first-order valence-electron chi connectivity index (χ1n) is 10.9. The van der Waals surface area contributed by atoms with Crippen molar-refractivity contribution in [3.63, 3.8) is 0 Å². The first kappa shape index (κ1) is 27.6. The molecule has 3 rings (SSSR count). The van der Waals surface area contributed by atoms with Gasteiger partial charge in [0.1, 0.15) is 10.7 Å². The van der Waals surface area contributed by atoms with E-state index in [2.05, 4.69) is 5.32 Å². The van der Waals surface area contributed by atoms with Gasteiger partial charge in [0.25, 0.3) is 0 Å². The van der Waals surface area contributed by atoms with E-state index in [1.54, 1.807) is 35.2 Å². The van der Waals surface area contributed by atoms with Gasteiger partial charge in [-0.3, -0.25) is 0 Å². The molecule has 1 atom stereocenters. The van der Waals surface area contributed by atoms with Crippen LogP contribution in [-0.4, -0.2) is 32.5 Å². The van der Waals surface area contributed by atoms with Gasteiger partial charge in [-0.15, -0.1) is 0 Å². The molecule has 2 amide bonds. The number of ether oxygens (including phenoxy) is 1. The van der Waals surface area contributed by atoms with Gasteiger partial charge in [0.15, 0.2) is 11.5 Å². The van der Waals surface area contributed by atoms with Crippen molar-refractivity contribution in [1.29, 1.82) is 0 Å². The standard InChI is InChI=1S/C25H25Cl2FN2O5S/c1-4-16(2)30(25(31)29-19-8-11-21(26)22(27)14-19)15-17-5-12-23(34-3)24(13-17)35-36(32,33)20-9-6-18(28)7-10-20/h5-14,16H,4,15H2,1-3H3,(H,29,31). The number of urea groups is 1. The summed E-state index contributed by atoms with van der Waals surface area (Å²) >= 11 is 12.0. The molecule has 0 fully saturated rings. The molecule has 0 heterocycles. The second-order valence-electron chi connectivity index (χ2n) is 7.92. The summed E-state index contributed by atoms with van der Waals surface area (Å²) in [6, 6.07) is 13.3. The molecule has 0 aliphatic rings. The molecule has 36 heavy (non-hydrogen) atoms. The first-order chi connectivity index (χ1) is 17.0. The monoisotopic (exact) mass is 554 g/mol. The summed E-state index contributed by atoms with van der Waals surface area (Å²) in [6.45, 7) is 4.00. The van der Waals surface area contributed by atoms with E-state index in [9.17, 15) is 17.6 Å². The van der Waals surface area contributed by atoms with Gasteiger partial charge in [0, 0.05) is 18.3 Å². The fourth-order valence-corrected chi connectivity index (χ4v) is 4.50. The molecule has 0 bridgehead atoms. The van der Waals surface area contributed by atoms with Gasteiger partial charge in [0.2, 0.25) is 0 Å². The van der Waals surface area contributed by atoms with E-state index >= 15 is 0 Å². The summed E-state index contributed by atoms with van der Waals surface area (Å²) in [5.74, 6) is -0.453. The SMILES string of the molecule is CCC(C)N(Cc1ccc(OC)c(OS(=O)(=O)c2ccc(F)cc2)c1)C(=O)Nc1ccc(Cl)c(Cl)c1. The third-order valence-electron chi connectivity index (χ3n) is 5.44. The fraction of sp³-hybridized carbons (Fsp3) is 0.240. The van der Waals surface area contributed by atoms with Crippen LogP contribution in [0.4, 0.5) is 14.9 Å². The van der Waals surface area contributed by atoms with Crippen molar-refractivity contribution in [3.05, 3.63) is 82.1 Å². The molecule has 3 aromatic rings. The molecule has 0 aromatic heterocycles. The van der Waals surface area contributed by atoms with Crippen LogP contribution in [0.3, 0.4) is 0 Å². The highest BCUT2D eigenvalue weighted by atomic mass is 35.5. The summed E-state index contributed by atoms with van der Waals surface area (Å²) in [5.41, 5.74) is 1.08. The zero-order valence-electron chi connectivity index (χ0n) is 19.8. The fourth-order valence-electron chi connectivity index (χ4n) is 3.27. The minimum atomic E-state index is -4.26. The largest absolute Gasteiger partial charge is 0.493 e. The lowest BCUT2D eigenvalue weighted by Gasteiger charge is -2.29. The zero-order valence-corrected chi connectivity index (χ0v) is 22.1. The number of amides is 2. The number of nitrogens with zero attached hydrogens (tertiary/aromatic N) is 1. The van der Waals surface area contributed by atoms with Crippen molar-refractivity contribution in [2.75, 3.05) is 12.4 Å². The number of carbonyl (C=O) groups excluding carboxylic acids is 1. The average Bonchev–Trinajstić information content (AvgIpc) is 2.84. The third kappa shape index (κ3) is 6.81. The highest BCUT2D eigenvalue weighted by Crippen LogP contribution is 2.32. The highest BCUT2D eigenvalue weighted by molar-refractivity contribution is 7.87. The molecule has 0 spiro atoms. The summed E-state index contributed by atoms with van der Waals surface area (Å²) in [4.78, 5) is 14.5. The predicted octanol–water partition coefficient (Wildman–Crippen LogP) is 6.74. The zero-order chi connectivity index (χ0) is 26.5. The maximum atomic E-state index is 13.2. The van der Waals surface area contributed by atoms with Crippen LogP contribution in [0.1, 0.15) is 25.8 Å². The van der Waals surface area contributed by atoms with Crippen LogP contribution in [0.15, 0.2) is 65.6 Å². The van der Waals surface area contributed by atoms with Gasteiger partial charge < -0.3 is 19.1 Å². The van der Waals surface area contributed by atoms with Crippen LogP contribution in [0.25, 0.3) is 0 Å². The van der Waals surface area contributed by atoms with E-state index in [-0.39, 0.29) is 35.0 Å². The number of methoxy groups -OCH3 is 1. The Balaban J connectivity index is 1.86. The Labute approximate surface area is 219 Å². The Morgan fingerprint density at radius 3 is 2.33 bits per heavy atom. The van der Waals surface area contributed by atoms with E-state index in [0.717, 1.165) is 24.3 Å². The lowest BCUT2D eigenvalue weighted by molar-refractivity contribution is 0.187. The number of carbonyl (C=O) groups is 1. The van der Waals surface area contributed by atoms with Crippen LogP contribution in [0.2, 0.25) is 10.0 Å². The Hall–Kier alpha value is -3.01. The number of benzene rings is 3. The second kappa shape index (κ2) is 11.8. The summed E-state index contributed by atoms with van der Waals surface area (Å²) in [7, 11) is -2.88. The topological polar surface area (TPSA) is 84.9 Å². The molecule has 192 valence electrons. The van der Waals surface area contributed by atoms with Crippen LogP contribution >= 0.6 is 23.2 Å². The van der Waals surface area contributed by atoms with Crippen molar-refractivity contribution < 1.29 is 26.5 Å². The highest BCUT2D eigenvalue weighted by Gasteiger charge is 2.23. The lowest BCUT2D eigenvalue weighted by atomic mass is 10.1. The van der Waals surface area contributed by atoms with Gasteiger partial charge in [-0.05, 0) is 73.5 Å². The second-order valence-corrected chi connectivity index (χ2v) is 10.3. The molecule has 7 nitrogen and oxygen atoms in total. The molecule has 11 heteroatoms. The molecule has 0 aliphatic heterocycles. The maximum absolute atomic E-state index is 13.2. The van der Waals surface area contributed by atoms with Crippen LogP contribution in [-0.2, 0) is 16.7 Å². The molecular weight excluding hydrogens is 530 g/mol. The number of hydrogen-bond acceptors (Lipinski definition) is 5. The van der Waals surface area contributed by atoms with E-state index in [0.29, 0.717) is 27.7 Å². The van der Waals surface area contributed by atoms with E-state index < -0.39 is 15.9 Å². The molecule has 1 N–H and O–H groups in total. The van der Waals surface area contributed by atoms with Gasteiger partial charge in [0.05, 0.1) is 17.2 Å². The summed E-state index contributed by atoms with van der Waals surface area (Å²) in [5, 5.41) is 3.49. The van der Waals surface area contributed by atoms with E-state index in [1.165, 1.54) is 13.2 Å². The quantitative estimate of drug-likeness (QED) is 0.296. The molecule has 3 aromatic carbocycles. The average molecular weight is 555 g/mol. The molecule has 1 unspecified atom stereocenters. The maximum Gasteiger partial charge on any atom is 0.339 e. The number of anilines is 1. The Morgan fingerprint density at radius 2 is 1.72 bits per heavy atom. The van der Waals surface area contributed by atoms with Crippen LogP contribution in [0, 0.1) is 5.82 Å². The molecule has 0 saturated heterocycles. The van der Waals surface area contributed by atoms with Gasteiger partial charge in [-0.25, -0.2) is 9.18 Å². The van der Waals surface area contributed by atoms with Crippen molar-refractivity contribution in [2.24, 2.45) is 0 Å². The molecule has 0 saturated carbocycles. The van der Waals surface area contributed by atoms with Gasteiger partial charge in [-0.2, -0.15) is 8.42 Å². The minimum Gasteiger partial charge on any atom is -0.493 e. The summed E-state index contributed by atoms with van der Waals surface area (Å²) in [6.07, 6.45) is 0.674. The predicted molar refractivity (Wildman–Crippen MR) is 138 cm³/mol. The first-order valence-corrected chi connectivity index (χ1v) is 13.1. The number of nitrogens with one attached hydrogen (secondary N) is 1. The minimum absolute atomic E-state index is 0.0617. The van der Waals surface area contributed by atoms with Gasteiger partial charge >= 0.3 is 16.1 Å². The van der Waals surface area contributed by atoms with Crippen LogP contribution < -0.4 is 14.2 Å². The van der Waals surface area contributed by atoms with Crippen molar-refractivity contribution in [3.8, 4) is 11.5 Å². The van der Waals surface area contributed by atoms with E-state index in [4.69, 9.17) is 32.1 Å². The van der Waals surface area contributed by atoms with Gasteiger partial charge in [-0.1, -0.05) is 36.2 Å².